The fourth-order valence-corrected chi connectivity index (χ4v) is 10.1. The van der Waals surface area contributed by atoms with Crippen LogP contribution in [0.15, 0.2) is 212 Å². The Kier molecular flexibility index (Phi) is 8.14. The van der Waals surface area contributed by atoms with E-state index in [1.54, 1.807) is 0 Å². The number of para-hydroxylation sites is 2. The van der Waals surface area contributed by atoms with Crippen molar-refractivity contribution in [1.82, 2.24) is 9.13 Å². The molecule has 0 atom stereocenters. The van der Waals surface area contributed by atoms with Gasteiger partial charge in [0.05, 0.1) is 22.1 Å². The smallest absolute Gasteiger partial charge is 0.0541 e. The first-order valence-electron chi connectivity index (χ1n) is 21.7. The topological polar surface area (TPSA) is 9.86 Å². The summed E-state index contributed by atoms with van der Waals surface area (Å²) in [7, 11) is 0. The molecule has 0 radical (unpaired) electrons. The van der Waals surface area contributed by atoms with Crippen molar-refractivity contribution >= 4 is 65.2 Å². The van der Waals surface area contributed by atoms with Crippen LogP contribution in [-0.2, 0) is 5.41 Å². The van der Waals surface area contributed by atoms with Crippen LogP contribution in [0.3, 0.4) is 0 Å². The molecule has 0 amide bonds. The molecule has 0 saturated heterocycles. The Labute approximate surface area is 361 Å². The maximum atomic E-state index is 2.43. The maximum absolute atomic E-state index is 2.43. The van der Waals surface area contributed by atoms with Gasteiger partial charge < -0.3 is 9.13 Å². The molecule has 0 aliphatic rings. The molecule has 10 aromatic carbocycles. The first-order chi connectivity index (χ1) is 30.4. The summed E-state index contributed by atoms with van der Waals surface area (Å²) in [4.78, 5) is 0. The number of nitrogens with zero attached hydrogens (tertiary/aromatic N) is 2. The zero-order valence-electron chi connectivity index (χ0n) is 35.1. The van der Waals surface area contributed by atoms with Crippen molar-refractivity contribution in [3.8, 4) is 44.8 Å². The van der Waals surface area contributed by atoms with Crippen LogP contribution in [0.25, 0.3) is 110 Å². The molecule has 0 fully saturated rings. The van der Waals surface area contributed by atoms with Crippen molar-refractivity contribution in [3.63, 3.8) is 0 Å². The van der Waals surface area contributed by atoms with E-state index in [0.29, 0.717) is 0 Å². The van der Waals surface area contributed by atoms with Gasteiger partial charge in [0.25, 0.3) is 0 Å². The third-order valence-corrected chi connectivity index (χ3v) is 13.1. The van der Waals surface area contributed by atoms with Crippen molar-refractivity contribution in [2.75, 3.05) is 0 Å². The Morgan fingerprint density at radius 1 is 0.274 bits per heavy atom. The summed E-state index contributed by atoms with van der Waals surface area (Å²) in [5.74, 6) is 0. The summed E-state index contributed by atoms with van der Waals surface area (Å²) >= 11 is 0. The van der Waals surface area contributed by atoms with E-state index in [1.165, 1.54) is 110 Å². The molecule has 0 unspecified atom stereocenters. The summed E-state index contributed by atoms with van der Waals surface area (Å²) in [5, 5.41) is 10.1. The highest BCUT2D eigenvalue weighted by Gasteiger charge is 2.20. The van der Waals surface area contributed by atoms with E-state index in [2.05, 4.69) is 242 Å². The fraction of sp³-hybridized carbons (Fsp3) is 0.0667. The molecule has 0 spiro atoms. The van der Waals surface area contributed by atoms with E-state index in [-0.39, 0.29) is 5.41 Å². The SMILES string of the molecule is CC(C)(C)c1ccc(-n2c3ccccc3c3cc(-c4ccc5c(c4)c4ccccc4n5-c4ccc(-c5c6ccccc6c(-c6ccccc6)c6ccccc56)cc4)ccc32)cc1. The first kappa shape index (κ1) is 36.2. The zero-order valence-corrected chi connectivity index (χ0v) is 35.1. The van der Waals surface area contributed by atoms with Gasteiger partial charge in [0, 0.05) is 32.9 Å². The second kappa shape index (κ2) is 13.9. The maximum Gasteiger partial charge on any atom is 0.0541 e. The van der Waals surface area contributed by atoms with Crippen LogP contribution in [0, 0.1) is 0 Å². The first-order valence-corrected chi connectivity index (χ1v) is 21.7. The number of rotatable bonds is 5. The van der Waals surface area contributed by atoms with Gasteiger partial charge in [0.1, 0.15) is 0 Å². The van der Waals surface area contributed by atoms with Crippen LogP contribution in [-0.4, -0.2) is 9.13 Å². The summed E-state index contributed by atoms with van der Waals surface area (Å²) in [5.41, 5.74) is 16.0. The summed E-state index contributed by atoms with van der Waals surface area (Å²) in [6.45, 7) is 6.81. The average Bonchev–Trinajstić information content (AvgIpc) is 3.83. The van der Waals surface area contributed by atoms with Gasteiger partial charge in [-0.05, 0) is 127 Å². The fourth-order valence-electron chi connectivity index (χ4n) is 10.1. The van der Waals surface area contributed by atoms with Crippen LogP contribution < -0.4 is 0 Å². The van der Waals surface area contributed by atoms with Gasteiger partial charge in [-0.25, -0.2) is 0 Å². The molecular formula is C60H44N2. The monoisotopic (exact) mass is 792 g/mol. The normalized spacial score (nSPS) is 12.1. The molecule has 12 rings (SSSR count). The minimum absolute atomic E-state index is 0.105. The third kappa shape index (κ3) is 5.64. The minimum Gasteiger partial charge on any atom is -0.309 e. The van der Waals surface area contributed by atoms with Crippen molar-refractivity contribution < 1.29 is 0 Å². The molecule has 0 saturated carbocycles. The van der Waals surface area contributed by atoms with Crippen LogP contribution in [0.2, 0.25) is 0 Å². The quantitative estimate of drug-likeness (QED) is 0.154. The van der Waals surface area contributed by atoms with Gasteiger partial charge in [-0.15, -0.1) is 0 Å². The molecule has 0 aliphatic heterocycles. The van der Waals surface area contributed by atoms with Gasteiger partial charge in [0.2, 0.25) is 0 Å². The van der Waals surface area contributed by atoms with Crippen molar-refractivity contribution in [1.29, 1.82) is 0 Å². The summed E-state index contributed by atoms with van der Waals surface area (Å²) in [6.07, 6.45) is 0. The number of hydrogen-bond donors (Lipinski definition) is 0. The van der Waals surface area contributed by atoms with E-state index >= 15 is 0 Å². The number of benzene rings is 10. The van der Waals surface area contributed by atoms with Crippen molar-refractivity contribution in [3.05, 3.63) is 218 Å². The lowest BCUT2D eigenvalue weighted by Gasteiger charge is -2.19. The van der Waals surface area contributed by atoms with Gasteiger partial charge in [-0.3, -0.25) is 0 Å². The molecule has 0 bridgehead atoms. The van der Waals surface area contributed by atoms with Crippen LogP contribution in [0.5, 0.6) is 0 Å². The van der Waals surface area contributed by atoms with E-state index in [4.69, 9.17) is 0 Å². The molecule has 0 N–H and O–H groups in total. The lowest BCUT2D eigenvalue weighted by molar-refractivity contribution is 0.590. The Morgan fingerprint density at radius 3 is 1.05 bits per heavy atom. The highest BCUT2D eigenvalue weighted by molar-refractivity contribution is 6.21. The van der Waals surface area contributed by atoms with E-state index in [9.17, 15) is 0 Å². The standard InChI is InChI=1S/C60H44N2/c1-60(2,3)43-29-33-45(34-30-43)62-55-24-14-12-18-47(55)53-38-42(28-36-57(53)62)41-27-35-56-52(37-41)46-17-11-13-23-54(46)61(56)44-31-25-40(26-32-44)59-50-21-9-7-19-48(50)58(39-15-5-4-6-16-39)49-20-8-10-22-51(49)59/h4-38H,1-3H3. The van der Waals surface area contributed by atoms with Crippen LogP contribution in [0.4, 0.5) is 0 Å². The number of hydrogen-bond acceptors (Lipinski definition) is 0. The highest BCUT2D eigenvalue weighted by Crippen LogP contribution is 2.44. The Bertz CT molecular complexity index is 3630. The van der Waals surface area contributed by atoms with Gasteiger partial charge in [-0.2, -0.15) is 0 Å². The molecule has 12 aromatic rings. The number of aromatic nitrogens is 2. The molecular weight excluding hydrogens is 749 g/mol. The van der Waals surface area contributed by atoms with Gasteiger partial charge in [-0.1, -0.05) is 172 Å². The van der Waals surface area contributed by atoms with E-state index < -0.39 is 0 Å². The molecule has 2 heteroatoms. The Hall–Kier alpha value is -7.68. The molecule has 2 aromatic heterocycles. The van der Waals surface area contributed by atoms with E-state index in [1.807, 2.05) is 0 Å². The van der Waals surface area contributed by atoms with Gasteiger partial charge in [0.15, 0.2) is 0 Å². The minimum atomic E-state index is 0.105. The van der Waals surface area contributed by atoms with E-state index in [0.717, 1.165) is 5.69 Å². The second-order valence-corrected chi connectivity index (χ2v) is 17.7. The van der Waals surface area contributed by atoms with Crippen molar-refractivity contribution in [2.24, 2.45) is 0 Å². The van der Waals surface area contributed by atoms with Crippen molar-refractivity contribution in [2.45, 2.75) is 26.2 Å². The zero-order chi connectivity index (χ0) is 41.5. The molecule has 294 valence electrons. The average molecular weight is 793 g/mol. The number of fused-ring (bicyclic) bond motifs is 8. The van der Waals surface area contributed by atoms with Crippen LogP contribution >= 0.6 is 0 Å². The van der Waals surface area contributed by atoms with Gasteiger partial charge >= 0.3 is 0 Å². The Balaban J connectivity index is 0.969. The second-order valence-electron chi connectivity index (χ2n) is 17.7. The lowest BCUT2D eigenvalue weighted by atomic mass is 9.86. The largest absolute Gasteiger partial charge is 0.309 e. The lowest BCUT2D eigenvalue weighted by Crippen LogP contribution is -2.10. The highest BCUT2D eigenvalue weighted by atomic mass is 15.0. The van der Waals surface area contributed by atoms with Crippen LogP contribution in [0.1, 0.15) is 26.3 Å². The Morgan fingerprint density at radius 2 is 0.613 bits per heavy atom. The molecule has 62 heavy (non-hydrogen) atoms. The third-order valence-electron chi connectivity index (χ3n) is 13.1. The summed E-state index contributed by atoms with van der Waals surface area (Å²) in [6, 6.07) is 78.5. The predicted molar refractivity (Wildman–Crippen MR) is 265 cm³/mol. The predicted octanol–water partition coefficient (Wildman–Crippen LogP) is 16.5. The summed E-state index contributed by atoms with van der Waals surface area (Å²) < 4.78 is 4.84. The molecule has 2 heterocycles. The molecule has 0 aliphatic carbocycles. The molecule has 2 nitrogen and oxygen atoms in total.